The van der Waals surface area contributed by atoms with Crippen LogP contribution in [-0.4, -0.2) is 27.8 Å². The zero-order valence-electron chi connectivity index (χ0n) is 12.9. The van der Waals surface area contributed by atoms with E-state index < -0.39 is 0 Å². The molecule has 2 heterocycles. The zero-order valence-corrected chi connectivity index (χ0v) is 12.9. The number of rotatable bonds is 4. The molecule has 6 nitrogen and oxygen atoms in total. The van der Waals surface area contributed by atoms with Crippen molar-refractivity contribution in [2.24, 2.45) is 0 Å². The molecule has 0 unspecified atom stereocenters. The number of carbonyl (C=O) groups is 1. The van der Waals surface area contributed by atoms with Crippen molar-refractivity contribution in [2.75, 3.05) is 12.4 Å². The molecule has 3 rings (SSSR count). The standard InChI is InChI=1S/C17H16N4O2/c1-12-4-3-5-16(18-12)19-17(22)15-10-11-21(20-15)13-6-8-14(23-2)9-7-13/h3-11H,1-2H3,(H,18,19,22). The summed E-state index contributed by atoms with van der Waals surface area (Å²) in [6.45, 7) is 1.87. The number of anilines is 1. The maximum atomic E-state index is 12.2. The van der Waals surface area contributed by atoms with Gasteiger partial charge in [-0.15, -0.1) is 0 Å². The largest absolute Gasteiger partial charge is 0.497 e. The quantitative estimate of drug-likeness (QED) is 0.804. The SMILES string of the molecule is COc1ccc(-n2ccc(C(=O)Nc3cccc(C)n3)n2)cc1. The third kappa shape index (κ3) is 3.37. The van der Waals surface area contributed by atoms with Crippen molar-refractivity contribution < 1.29 is 9.53 Å². The summed E-state index contributed by atoms with van der Waals surface area (Å²) >= 11 is 0. The lowest BCUT2D eigenvalue weighted by Gasteiger charge is -2.04. The molecule has 0 saturated carbocycles. The number of benzene rings is 1. The van der Waals surface area contributed by atoms with Crippen molar-refractivity contribution in [3.8, 4) is 11.4 Å². The van der Waals surface area contributed by atoms with Gasteiger partial charge < -0.3 is 10.1 Å². The van der Waals surface area contributed by atoms with Crippen LogP contribution in [0, 0.1) is 6.92 Å². The molecule has 116 valence electrons. The van der Waals surface area contributed by atoms with Crippen LogP contribution in [0.25, 0.3) is 5.69 Å². The highest BCUT2D eigenvalue weighted by molar-refractivity contribution is 6.02. The molecule has 0 aliphatic carbocycles. The van der Waals surface area contributed by atoms with Crippen molar-refractivity contribution in [3.05, 3.63) is 66.1 Å². The first kappa shape index (κ1) is 14.8. The second kappa shape index (κ2) is 6.31. The van der Waals surface area contributed by atoms with E-state index in [2.05, 4.69) is 15.4 Å². The third-order valence-corrected chi connectivity index (χ3v) is 3.29. The first-order chi connectivity index (χ1) is 11.2. The zero-order chi connectivity index (χ0) is 16.2. The molecule has 1 amide bonds. The lowest BCUT2D eigenvalue weighted by molar-refractivity contribution is 0.102. The summed E-state index contributed by atoms with van der Waals surface area (Å²) in [4.78, 5) is 16.5. The maximum absolute atomic E-state index is 12.2. The van der Waals surface area contributed by atoms with Gasteiger partial charge in [-0.2, -0.15) is 5.10 Å². The Balaban J connectivity index is 1.76. The van der Waals surface area contributed by atoms with Crippen LogP contribution < -0.4 is 10.1 Å². The van der Waals surface area contributed by atoms with E-state index in [4.69, 9.17) is 4.74 Å². The molecule has 6 heteroatoms. The van der Waals surface area contributed by atoms with Crippen LogP contribution >= 0.6 is 0 Å². The minimum atomic E-state index is -0.296. The van der Waals surface area contributed by atoms with E-state index >= 15 is 0 Å². The average molecular weight is 308 g/mol. The summed E-state index contributed by atoms with van der Waals surface area (Å²) in [6, 6.07) is 14.5. The van der Waals surface area contributed by atoms with Crippen molar-refractivity contribution in [3.63, 3.8) is 0 Å². The van der Waals surface area contributed by atoms with Crippen LogP contribution in [0.15, 0.2) is 54.7 Å². The van der Waals surface area contributed by atoms with Gasteiger partial charge in [0.2, 0.25) is 0 Å². The van der Waals surface area contributed by atoms with Gasteiger partial charge in [0.25, 0.3) is 5.91 Å². The van der Waals surface area contributed by atoms with E-state index in [9.17, 15) is 4.79 Å². The van der Waals surface area contributed by atoms with E-state index in [1.54, 1.807) is 30.1 Å². The highest BCUT2D eigenvalue weighted by Gasteiger charge is 2.11. The fourth-order valence-corrected chi connectivity index (χ4v) is 2.12. The first-order valence-electron chi connectivity index (χ1n) is 7.11. The Morgan fingerprint density at radius 3 is 2.61 bits per heavy atom. The molecule has 0 saturated heterocycles. The number of nitrogens with zero attached hydrogens (tertiary/aromatic N) is 3. The molecule has 0 spiro atoms. The fraction of sp³-hybridized carbons (Fsp3) is 0.118. The number of ether oxygens (including phenoxy) is 1. The maximum Gasteiger partial charge on any atom is 0.277 e. The van der Waals surface area contributed by atoms with Crippen molar-refractivity contribution >= 4 is 11.7 Å². The predicted octanol–water partition coefficient (Wildman–Crippen LogP) is 2.84. The molecule has 0 radical (unpaired) electrons. The normalized spacial score (nSPS) is 10.3. The minimum absolute atomic E-state index is 0.296. The molecule has 2 aromatic heterocycles. The predicted molar refractivity (Wildman–Crippen MR) is 87.0 cm³/mol. The van der Waals surface area contributed by atoms with Crippen LogP contribution in [0.3, 0.4) is 0 Å². The van der Waals surface area contributed by atoms with Crippen LogP contribution in [-0.2, 0) is 0 Å². The Hall–Kier alpha value is -3.15. The number of amides is 1. The lowest BCUT2D eigenvalue weighted by atomic mass is 10.3. The van der Waals surface area contributed by atoms with Gasteiger partial charge in [0.05, 0.1) is 12.8 Å². The number of pyridine rings is 1. The Morgan fingerprint density at radius 1 is 1.13 bits per heavy atom. The third-order valence-electron chi connectivity index (χ3n) is 3.29. The van der Waals surface area contributed by atoms with Crippen molar-refractivity contribution in [1.82, 2.24) is 14.8 Å². The Morgan fingerprint density at radius 2 is 1.91 bits per heavy atom. The molecular formula is C17H16N4O2. The summed E-state index contributed by atoms with van der Waals surface area (Å²) in [5.74, 6) is 0.980. The van der Waals surface area contributed by atoms with Crippen LogP contribution in [0.2, 0.25) is 0 Å². The Bertz CT molecular complexity index is 825. The van der Waals surface area contributed by atoms with Gasteiger partial charge in [0.15, 0.2) is 5.69 Å². The monoisotopic (exact) mass is 308 g/mol. The molecule has 0 aliphatic rings. The Labute approximate surface area is 133 Å². The van der Waals surface area contributed by atoms with E-state index in [-0.39, 0.29) is 5.91 Å². The van der Waals surface area contributed by atoms with Crippen molar-refractivity contribution in [2.45, 2.75) is 6.92 Å². The number of hydrogen-bond donors (Lipinski definition) is 1. The number of aryl methyl sites for hydroxylation is 1. The van der Waals surface area contributed by atoms with Gasteiger partial charge in [0.1, 0.15) is 11.6 Å². The van der Waals surface area contributed by atoms with E-state index in [1.165, 1.54) is 0 Å². The summed E-state index contributed by atoms with van der Waals surface area (Å²) < 4.78 is 6.76. The summed E-state index contributed by atoms with van der Waals surface area (Å²) in [6.07, 6.45) is 1.74. The molecule has 23 heavy (non-hydrogen) atoms. The van der Waals surface area contributed by atoms with Gasteiger partial charge >= 0.3 is 0 Å². The van der Waals surface area contributed by atoms with Gasteiger partial charge in [-0.25, -0.2) is 9.67 Å². The van der Waals surface area contributed by atoms with Gasteiger partial charge in [-0.3, -0.25) is 4.79 Å². The highest BCUT2D eigenvalue weighted by atomic mass is 16.5. The first-order valence-corrected chi connectivity index (χ1v) is 7.11. The second-order valence-electron chi connectivity index (χ2n) is 4.96. The minimum Gasteiger partial charge on any atom is -0.497 e. The number of carbonyl (C=O) groups excluding carboxylic acids is 1. The molecular weight excluding hydrogens is 292 g/mol. The summed E-state index contributed by atoms with van der Waals surface area (Å²) in [5, 5.41) is 7.03. The van der Waals surface area contributed by atoms with E-state index in [0.29, 0.717) is 11.5 Å². The van der Waals surface area contributed by atoms with Crippen LogP contribution in [0.4, 0.5) is 5.82 Å². The molecule has 1 aromatic carbocycles. The van der Waals surface area contributed by atoms with Crippen LogP contribution in [0.5, 0.6) is 5.75 Å². The van der Waals surface area contributed by atoms with Gasteiger partial charge in [-0.1, -0.05) is 6.07 Å². The average Bonchev–Trinajstić information content (AvgIpc) is 3.05. The fourth-order valence-electron chi connectivity index (χ4n) is 2.12. The molecule has 0 bridgehead atoms. The summed E-state index contributed by atoms with van der Waals surface area (Å²) in [7, 11) is 1.62. The van der Waals surface area contributed by atoms with E-state index in [1.807, 2.05) is 43.3 Å². The molecule has 0 atom stereocenters. The second-order valence-corrected chi connectivity index (χ2v) is 4.96. The molecule has 0 aliphatic heterocycles. The molecule has 0 fully saturated rings. The lowest BCUT2D eigenvalue weighted by Crippen LogP contribution is -2.14. The topological polar surface area (TPSA) is 69.0 Å². The smallest absolute Gasteiger partial charge is 0.277 e. The highest BCUT2D eigenvalue weighted by Crippen LogP contribution is 2.15. The number of methoxy groups -OCH3 is 1. The Kier molecular flexibility index (Phi) is 4.05. The summed E-state index contributed by atoms with van der Waals surface area (Å²) in [5.41, 5.74) is 2.01. The number of hydrogen-bond acceptors (Lipinski definition) is 4. The molecule has 3 aromatic rings. The van der Waals surface area contributed by atoms with Gasteiger partial charge in [0, 0.05) is 11.9 Å². The van der Waals surface area contributed by atoms with Crippen molar-refractivity contribution in [1.29, 1.82) is 0 Å². The number of nitrogens with one attached hydrogen (secondary N) is 1. The molecule has 1 N–H and O–H groups in total. The number of aromatic nitrogens is 3. The van der Waals surface area contributed by atoms with Crippen LogP contribution in [0.1, 0.15) is 16.2 Å². The van der Waals surface area contributed by atoms with E-state index in [0.717, 1.165) is 17.1 Å². The van der Waals surface area contributed by atoms with Gasteiger partial charge in [-0.05, 0) is 49.4 Å².